The van der Waals surface area contributed by atoms with Crippen LogP contribution in [0.15, 0.2) is 103 Å². The minimum Gasteiger partial charge on any atom is -0.497 e. The Kier molecular flexibility index (Phi) is 7.15. The zero-order valence-electron chi connectivity index (χ0n) is 20.7. The van der Waals surface area contributed by atoms with Crippen LogP contribution in [0.3, 0.4) is 0 Å². The number of ether oxygens (including phenoxy) is 1. The Bertz CT molecular complexity index is 1240. The van der Waals surface area contributed by atoms with Gasteiger partial charge in [-0.2, -0.15) is 0 Å². The van der Waals surface area contributed by atoms with Crippen LogP contribution < -0.4 is 9.64 Å². The summed E-state index contributed by atoms with van der Waals surface area (Å²) >= 11 is 0. The van der Waals surface area contributed by atoms with E-state index < -0.39 is 0 Å². The third kappa shape index (κ3) is 5.26. The fourth-order valence-corrected chi connectivity index (χ4v) is 5.33. The van der Waals surface area contributed by atoms with Crippen molar-refractivity contribution in [2.75, 3.05) is 18.6 Å². The van der Waals surface area contributed by atoms with E-state index in [2.05, 4.69) is 120 Å². The molecule has 1 heterocycles. The van der Waals surface area contributed by atoms with E-state index >= 15 is 0 Å². The fourth-order valence-electron chi connectivity index (χ4n) is 5.33. The first-order valence-corrected chi connectivity index (χ1v) is 12.6. The lowest BCUT2D eigenvalue weighted by molar-refractivity contribution is 0.246. The van der Waals surface area contributed by atoms with Gasteiger partial charge in [0.05, 0.1) is 13.2 Å². The maximum atomic E-state index is 5.46. The minimum atomic E-state index is 0.295. The summed E-state index contributed by atoms with van der Waals surface area (Å²) in [6.45, 7) is 5.11. The van der Waals surface area contributed by atoms with Gasteiger partial charge in [0, 0.05) is 31.0 Å². The van der Waals surface area contributed by atoms with E-state index in [1.165, 1.54) is 33.6 Å². The van der Waals surface area contributed by atoms with Gasteiger partial charge < -0.3 is 9.64 Å². The van der Waals surface area contributed by atoms with Crippen molar-refractivity contribution in [3.8, 4) is 5.75 Å². The molecule has 35 heavy (non-hydrogen) atoms. The molecule has 0 saturated heterocycles. The maximum Gasteiger partial charge on any atom is 0.119 e. The number of hydrogen-bond acceptors (Lipinski definition) is 3. The highest BCUT2D eigenvalue weighted by Crippen LogP contribution is 2.37. The van der Waals surface area contributed by atoms with Gasteiger partial charge in [-0.05, 0) is 65.4 Å². The summed E-state index contributed by atoms with van der Waals surface area (Å²) in [6.07, 6.45) is 2.05. The molecule has 0 N–H and O–H groups in total. The van der Waals surface area contributed by atoms with E-state index in [9.17, 15) is 0 Å². The zero-order chi connectivity index (χ0) is 24.0. The summed E-state index contributed by atoms with van der Waals surface area (Å²) in [4.78, 5) is 5.17. The number of benzene rings is 4. The van der Waals surface area contributed by atoms with E-state index in [1.807, 2.05) is 0 Å². The van der Waals surface area contributed by atoms with Crippen molar-refractivity contribution < 1.29 is 4.74 Å². The van der Waals surface area contributed by atoms with Gasteiger partial charge >= 0.3 is 0 Å². The van der Waals surface area contributed by atoms with Crippen LogP contribution in [0.5, 0.6) is 5.75 Å². The lowest BCUT2D eigenvalue weighted by Gasteiger charge is -2.35. The molecular weight excluding hydrogens is 428 g/mol. The first-order valence-electron chi connectivity index (χ1n) is 12.6. The molecule has 4 aromatic rings. The number of methoxy groups -OCH3 is 1. The summed E-state index contributed by atoms with van der Waals surface area (Å²) in [5.74, 6) is 0.885. The molecule has 0 saturated carbocycles. The average molecular weight is 463 g/mol. The monoisotopic (exact) mass is 462 g/mol. The van der Waals surface area contributed by atoms with Crippen molar-refractivity contribution in [1.82, 2.24) is 4.90 Å². The maximum absolute atomic E-state index is 5.46. The first-order chi connectivity index (χ1) is 17.2. The number of fused-ring (bicyclic) bond motifs is 1. The molecular formula is C32H34N2O. The number of aryl methyl sites for hydroxylation is 1. The Morgan fingerprint density at radius 1 is 0.771 bits per heavy atom. The molecule has 0 spiro atoms. The lowest BCUT2D eigenvalue weighted by Crippen LogP contribution is -2.40. The summed E-state index contributed by atoms with van der Waals surface area (Å²) in [6, 6.07) is 37.5. The van der Waals surface area contributed by atoms with Gasteiger partial charge in [0.2, 0.25) is 0 Å². The minimum absolute atomic E-state index is 0.295. The highest BCUT2D eigenvalue weighted by atomic mass is 16.5. The Morgan fingerprint density at radius 2 is 1.46 bits per heavy atom. The molecule has 3 heteroatoms. The van der Waals surface area contributed by atoms with Crippen molar-refractivity contribution in [1.29, 1.82) is 0 Å². The average Bonchev–Trinajstić information content (AvgIpc) is 3.05. The van der Waals surface area contributed by atoms with E-state index in [-0.39, 0.29) is 0 Å². The van der Waals surface area contributed by atoms with Crippen LogP contribution in [0, 0.1) is 0 Å². The molecule has 0 amide bonds. The van der Waals surface area contributed by atoms with Crippen LogP contribution in [0.2, 0.25) is 0 Å². The fraction of sp³-hybridized carbons (Fsp3) is 0.250. The van der Waals surface area contributed by atoms with Crippen LogP contribution in [0.25, 0.3) is 0 Å². The molecule has 3 nitrogen and oxygen atoms in total. The number of nitrogens with zero attached hydrogens (tertiary/aromatic N) is 2. The zero-order valence-corrected chi connectivity index (χ0v) is 20.7. The summed E-state index contributed by atoms with van der Waals surface area (Å²) in [7, 11) is 1.72. The van der Waals surface area contributed by atoms with Crippen LogP contribution in [-0.4, -0.2) is 24.6 Å². The second-order valence-corrected chi connectivity index (χ2v) is 9.33. The number of hydrogen-bond donors (Lipinski definition) is 0. The second kappa shape index (κ2) is 10.8. The van der Waals surface area contributed by atoms with Crippen molar-refractivity contribution in [3.05, 3.63) is 125 Å². The number of para-hydroxylation sites is 1. The Morgan fingerprint density at radius 3 is 2.20 bits per heavy atom. The van der Waals surface area contributed by atoms with E-state index in [1.54, 1.807) is 7.11 Å². The molecule has 1 atom stereocenters. The number of rotatable bonds is 7. The molecule has 4 aromatic carbocycles. The SMILES string of the molecule is CCc1ccccc1CC1CN(Cc2ccccc2)Cc2ccccc2N1c1ccc(OC)cc1. The van der Waals surface area contributed by atoms with Gasteiger partial charge in [-0.25, -0.2) is 0 Å². The van der Waals surface area contributed by atoms with E-state index in [4.69, 9.17) is 4.74 Å². The van der Waals surface area contributed by atoms with Crippen LogP contribution in [0.4, 0.5) is 11.4 Å². The van der Waals surface area contributed by atoms with Crippen molar-refractivity contribution >= 4 is 11.4 Å². The summed E-state index contributed by atoms with van der Waals surface area (Å²) in [5.41, 5.74) is 8.11. The van der Waals surface area contributed by atoms with Gasteiger partial charge in [0.15, 0.2) is 0 Å². The van der Waals surface area contributed by atoms with E-state index in [0.717, 1.165) is 38.2 Å². The number of anilines is 2. The lowest BCUT2D eigenvalue weighted by atomic mass is 9.96. The largest absolute Gasteiger partial charge is 0.497 e. The molecule has 1 aliphatic heterocycles. The molecule has 0 aromatic heterocycles. The third-order valence-corrected chi connectivity index (χ3v) is 7.03. The van der Waals surface area contributed by atoms with Gasteiger partial charge in [0.25, 0.3) is 0 Å². The molecule has 0 fully saturated rings. The van der Waals surface area contributed by atoms with Gasteiger partial charge in [-0.1, -0.05) is 79.7 Å². The molecule has 1 aliphatic rings. The Balaban J connectivity index is 1.58. The Hall–Kier alpha value is -3.56. The van der Waals surface area contributed by atoms with E-state index in [0.29, 0.717) is 6.04 Å². The molecule has 178 valence electrons. The van der Waals surface area contributed by atoms with Gasteiger partial charge in [0.1, 0.15) is 5.75 Å². The normalized spacial score (nSPS) is 15.9. The predicted molar refractivity (Wildman–Crippen MR) is 145 cm³/mol. The smallest absolute Gasteiger partial charge is 0.119 e. The highest BCUT2D eigenvalue weighted by molar-refractivity contribution is 5.69. The second-order valence-electron chi connectivity index (χ2n) is 9.33. The topological polar surface area (TPSA) is 15.7 Å². The van der Waals surface area contributed by atoms with Crippen LogP contribution in [-0.2, 0) is 25.9 Å². The van der Waals surface area contributed by atoms with Crippen molar-refractivity contribution in [2.24, 2.45) is 0 Å². The standard InChI is InChI=1S/C32H34N2O/c1-3-26-13-7-8-14-27(26)21-30-24-33(22-25-11-5-4-6-12-25)23-28-15-9-10-16-32(28)34(30)29-17-19-31(35-2)20-18-29/h4-20,30H,3,21-24H2,1-2H3. The predicted octanol–water partition coefficient (Wildman–Crippen LogP) is 7.02. The summed E-state index contributed by atoms with van der Waals surface area (Å²) in [5, 5.41) is 0. The van der Waals surface area contributed by atoms with Crippen LogP contribution in [0.1, 0.15) is 29.2 Å². The molecule has 1 unspecified atom stereocenters. The molecule has 0 bridgehead atoms. The quantitative estimate of drug-likeness (QED) is 0.293. The molecule has 0 radical (unpaired) electrons. The van der Waals surface area contributed by atoms with Gasteiger partial charge in [-0.3, -0.25) is 4.90 Å². The summed E-state index contributed by atoms with van der Waals surface area (Å²) < 4.78 is 5.46. The van der Waals surface area contributed by atoms with Crippen LogP contribution >= 0.6 is 0 Å². The Labute approximate surface area is 209 Å². The molecule has 0 aliphatic carbocycles. The first kappa shape index (κ1) is 23.2. The van der Waals surface area contributed by atoms with Crippen molar-refractivity contribution in [2.45, 2.75) is 38.9 Å². The molecule has 5 rings (SSSR count). The van der Waals surface area contributed by atoms with Crippen molar-refractivity contribution in [3.63, 3.8) is 0 Å². The third-order valence-electron chi connectivity index (χ3n) is 7.03. The highest BCUT2D eigenvalue weighted by Gasteiger charge is 2.30. The van der Waals surface area contributed by atoms with Gasteiger partial charge in [-0.15, -0.1) is 0 Å².